The van der Waals surface area contributed by atoms with Crippen LogP contribution in [0.3, 0.4) is 0 Å². The molecule has 3 rings (SSSR count). The summed E-state index contributed by atoms with van der Waals surface area (Å²) in [6.45, 7) is 2.02. The standard InChI is InChI=1S/C14H16IN3/c1-9-13(15)14(16)18(17-9)12-8-4-6-10-5-2-3-7-11(10)12/h2-3,5,7,12H,4,6,8,16H2,1H3. The number of hydrogen-bond acceptors (Lipinski definition) is 2. The van der Waals surface area contributed by atoms with E-state index in [4.69, 9.17) is 5.73 Å². The molecule has 94 valence electrons. The van der Waals surface area contributed by atoms with Crippen LogP contribution in [-0.4, -0.2) is 9.78 Å². The van der Waals surface area contributed by atoms with Crippen molar-refractivity contribution in [2.24, 2.45) is 0 Å². The maximum atomic E-state index is 6.18. The number of aryl methyl sites for hydroxylation is 2. The third kappa shape index (κ3) is 1.83. The van der Waals surface area contributed by atoms with Crippen molar-refractivity contribution in [3.05, 3.63) is 44.7 Å². The van der Waals surface area contributed by atoms with Gasteiger partial charge in [0.05, 0.1) is 15.3 Å². The Morgan fingerprint density at radius 3 is 2.89 bits per heavy atom. The van der Waals surface area contributed by atoms with E-state index in [0.717, 1.165) is 21.5 Å². The molecule has 0 radical (unpaired) electrons. The summed E-state index contributed by atoms with van der Waals surface area (Å²) in [7, 11) is 0. The number of benzene rings is 1. The van der Waals surface area contributed by atoms with Crippen molar-refractivity contribution in [2.75, 3.05) is 5.73 Å². The fourth-order valence-electron chi connectivity index (χ4n) is 2.77. The average molecular weight is 353 g/mol. The number of aromatic nitrogens is 2. The van der Waals surface area contributed by atoms with Gasteiger partial charge in [-0.15, -0.1) is 0 Å². The van der Waals surface area contributed by atoms with Gasteiger partial charge in [0, 0.05) is 0 Å². The summed E-state index contributed by atoms with van der Waals surface area (Å²) in [6.07, 6.45) is 3.50. The molecule has 0 amide bonds. The molecule has 2 aromatic rings. The lowest BCUT2D eigenvalue weighted by Gasteiger charge is -2.26. The van der Waals surface area contributed by atoms with E-state index < -0.39 is 0 Å². The van der Waals surface area contributed by atoms with E-state index in [9.17, 15) is 0 Å². The zero-order valence-corrected chi connectivity index (χ0v) is 12.5. The topological polar surface area (TPSA) is 43.8 Å². The first-order valence-corrected chi connectivity index (χ1v) is 7.34. The molecule has 1 aromatic heterocycles. The number of halogens is 1. The third-order valence-electron chi connectivity index (χ3n) is 3.68. The van der Waals surface area contributed by atoms with Gasteiger partial charge in [0.1, 0.15) is 5.82 Å². The molecule has 0 spiro atoms. The van der Waals surface area contributed by atoms with E-state index in [1.54, 1.807) is 0 Å². The van der Waals surface area contributed by atoms with Gasteiger partial charge < -0.3 is 5.73 Å². The van der Waals surface area contributed by atoms with E-state index >= 15 is 0 Å². The highest BCUT2D eigenvalue weighted by atomic mass is 127. The minimum atomic E-state index is 0.303. The molecule has 2 N–H and O–H groups in total. The second-order valence-corrected chi connectivity index (χ2v) is 5.91. The highest BCUT2D eigenvalue weighted by molar-refractivity contribution is 14.1. The molecule has 0 saturated carbocycles. The largest absolute Gasteiger partial charge is 0.383 e. The first-order chi connectivity index (χ1) is 8.68. The Bertz CT molecular complexity index is 589. The molecule has 1 unspecified atom stereocenters. The van der Waals surface area contributed by atoms with Crippen LogP contribution in [0.5, 0.6) is 0 Å². The van der Waals surface area contributed by atoms with Gasteiger partial charge in [-0.25, -0.2) is 4.68 Å². The Morgan fingerprint density at radius 1 is 1.39 bits per heavy atom. The maximum absolute atomic E-state index is 6.18. The van der Waals surface area contributed by atoms with Gasteiger partial charge in [0.2, 0.25) is 0 Å². The minimum absolute atomic E-state index is 0.303. The highest BCUT2D eigenvalue weighted by Crippen LogP contribution is 2.35. The van der Waals surface area contributed by atoms with Crippen LogP contribution in [0, 0.1) is 10.5 Å². The number of rotatable bonds is 1. The van der Waals surface area contributed by atoms with Gasteiger partial charge in [-0.3, -0.25) is 0 Å². The van der Waals surface area contributed by atoms with Crippen molar-refractivity contribution in [1.82, 2.24) is 9.78 Å². The van der Waals surface area contributed by atoms with Crippen molar-refractivity contribution >= 4 is 28.4 Å². The molecular weight excluding hydrogens is 337 g/mol. The van der Waals surface area contributed by atoms with Crippen molar-refractivity contribution in [3.63, 3.8) is 0 Å². The summed E-state index contributed by atoms with van der Waals surface area (Å²) in [5, 5.41) is 4.62. The van der Waals surface area contributed by atoms with E-state index in [1.807, 2.05) is 11.6 Å². The number of nitrogens with two attached hydrogens (primary N) is 1. The molecule has 0 bridgehead atoms. The summed E-state index contributed by atoms with van der Waals surface area (Å²) in [4.78, 5) is 0. The van der Waals surface area contributed by atoms with Gasteiger partial charge in [-0.2, -0.15) is 5.10 Å². The van der Waals surface area contributed by atoms with E-state index in [0.29, 0.717) is 6.04 Å². The monoisotopic (exact) mass is 353 g/mol. The number of nitrogens with zero attached hydrogens (tertiary/aromatic N) is 2. The lowest BCUT2D eigenvalue weighted by Crippen LogP contribution is -2.19. The summed E-state index contributed by atoms with van der Waals surface area (Å²) >= 11 is 2.28. The zero-order chi connectivity index (χ0) is 12.7. The Labute approximate surface area is 121 Å². The first-order valence-electron chi connectivity index (χ1n) is 6.26. The van der Waals surface area contributed by atoms with Gasteiger partial charge >= 0.3 is 0 Å². The SMILES string of the molecule is Cc1nn(C2CCCc3ccccc32)c(N)c1I. The molecule has 1 heterocycles. The molecule has 4 heteroatoms. The maximum Gasteiger partial charge on any atom is 0.136 e. The lowest BCUT2D eigenvalue weighted by molar-refractivity contribution is 0.454. The number of anilines is 1. The van der Waals surface area contributed by atoms with Crippen molar-refractivity contribution in [2.45, 2.75) is 32.2 Å². The molecule has 0 saturated heterocycles. The fourth-order valence-corrected chi connectivity index (χ4v) is 3.12. The van der Waals surface area contributed by atoms with Gasteiger partial charge in [-0.1, -0.05) is 24.3 Å². The van der Waals surface area contributed by atoms with Crippen LogP contribution in [0.15, 0.2) is 24.3 Å². The van der Waals surface area contributed by atoms with Crippen LogP contribution in [0.25, 0.3) is 0 Å². The van der Waals surface area contributed by atoms with Crippen LogP contribution in [-0.2, 0) is 6.42 Å². The predicted molar refractivity (Wildman–Crippen MR) is 81.6 cm³/mol. The number of fused-ring (bicyclic) bond motifs is 1. The molecule has 18 heavy (non-hydrogen) atoms. The highest BCUT2D eigenvalue weighted by Gasteiger charge is 2.24. The second-order valence-electron chi connectivity index (χ2n) is 4.84. The molecule has 1 aromatic carbocycles. The molecule has 1 atom stereocenters. The third-order valence-corrected chi connectivity index (χ3v) is 5.01. The summed E-state index contributed by atoms with van der Waals surface area (Å²) in [6, 6.07) is 8.95. The normalized spacial score (nSPS) is 18.7. The van der Waals surface area contributed by atoms with Gasteiger partial charge in [0.25, 0.3) is 0 Å². The fraction of sp³-hybridized carbons (Fsp3) is 0.357. The van der Waals surface area contributed by atoms with Crippen LogP contribution in [0.1, 0.15) is 35.7 Å². The van der Waals surface area contributed by atoms with Gasteiger partial charge in [-0.05, 0) is 59.9 Å². The quantitative estimate of drug-likeness (QED) is 0.800. The Kier molecular flexibility index (Phi) is 3.05. The Hall–Kier alpha value is -1.04. The lowest BCUT2D eigenvalue weighted by atomic mass is 9.88. The number of nitrogen functional groups attached to an aromatic ring is 1. The Balaban J connectivity index is 2.11. The van der Waals surface area contributed by atoms with Gasteiger partial charge in [0.15, 0.2) is 0 Å². The van der Waals surface area contributed by atoms with Crippen LogP contribution >= 0.6 is 22.6 Å². The second kappa shape index (κ2) is 4.57. The molecule has 1 aliphatic rings. The summed E-state index contributed by atoms with van der Waals surface area (Å²) < 4.78 is 3.09. The first kappa shape index (κ1) is 12.0. The molecule has 0 fully saturated rings. The summed E-state index contributed by atoms with van der Waals surface area (Å²) in [5.41, 5.74) is 10.0. The smallest absolute Gasteiger partial charge is 0.136 e. The number of hydrogen-bond donors (Lipinski definition) is 1. The molecule has 1 aliphatic carbocycles. The van der Waals surface area contributed by atoms with Crippen LogP contribution in [0.2, 0.25) is 0 Å². The molecule has 3 nitrogen and oxygen atoms in total. The average Bonchev–Trinajstić information content (AvgIpc) is 2.66. The predicted octanol–water partition coefficient (Wildman–Crippen LogP) is 3.30. The summed E-state index contributed by atoms with van der Waals surface area (Å²) in [5.74, 6) is 0.801. The van der Waals surface area contributed by atoms with Crippen molar-refractivity contribution in [1.29, 1.82) is 0 Å². The van der Waals surface area contributed by atoms with E-state index in [1.165, 1.54) is 24.0 Å². The molecular formula is C14H16IN3. The van der Waals surface area contributed by atoms with Crippen LogP contribution < -0.4 is 5.73 Å². The molecule has 0 aliphatic heterocycles. The Morgan fingerprint density at radius 2 is 2.17 bits per heavy atom. The van der Waals surface area contributed by atoms with Crippen molar-refractivity contribution < 1.29 is 0 Å². The van der Waals surface area contributed by atoms with Crippen molar-refractivity contribution in [3.8, 4) is 0 Å². The van der Waals surface area contributed by atoms with E-state index in [-0.39, 0.29) is 0 Å². The van der Waals surface area contributed by atoms with Crippen LogP contribution in [0.4, 0.5) is 5.82 Å². The van der Waals surface area contributed by atoms with E-state index in [2.05, 4.69) is 52.0 Å². The zero-order valence-electron chi connectivity index (χ0n) is 10.4. The minimum Gasteiger partial charge on any atom is -0.383 e.